The SMILES string of the molecule is Fc1ccc(N2CC[C@H](CNC3=NCN(Cc4ccc(Cl)cc4)C=N3)C2)cc1. The molecule has 2 aromatic rings. The van der Waals surface area contributed by atoms with Crippen molar-refractivity contribution in [1.29, 1.82) is 0 Å². The molecule has 2 heterocycles. The topological polar surface area (TPSA) is 43.2 Å². The molecule has 0 amide bonds. The molecule has 0 radical (unpaired) electrons. The van der Waals surface area contributed by atoms with Crippen molar-refractivity contribution in [2.45, 2.75) is 13.0 Å². The zero-order valence-electron chi connectivity index (χ0n) is 15.6. The zero-order valence-corrected chi connectivity index (χ0v) is 16.3. The summed E-state index contributed by atoms with van der Waals surface area (Å²) in [6.07, 6.45) is 2.94. The lowest BCUT2D eigenvalue weighted by atomic mass is 10.1. The molecule has 0 bridgehead atoms. The number of hydrogen-bond acceptors (Lipinski definition) is 5. The van der Waals surface area contributed by atoms with Crippen molar-refractivity contribution in [2.75, 3.05) is 31.2 Å². The van der Waals surface area contributed by atoms with Crippen LogP contribution in [0.2, 0.25) is 5.02 Å². The summed E-state index contributed by atoms with van der Waals surface area (Å²) in [6, 6.07) is 14.5. The Morgan fingerprint density at radius 3 is 2.61 bits per heavy atom. The van der Waals surface area contributed by atoms with E-state index in [1.54, 1.807) is 0 Å². The van der Waals surface area contributed by atoms with Gasteiger partial charge in [0.15, 0.2) is 0 Å². The first-order valence-corrected chi connectivity index (χ1v) is 9.85. The third kappa shape index (κ3) is 4.81. The highest BCUT2D eigenvalue weighted by atomic mass is 35.5. The lowest BCUT2D eigenvalue weighted by Gasteiger charge is -2.22. The zero-order chi connectivity index (χ0) is 19.3. The average Bonchev–Trinajstić information content (AvgIpc) is 3.19. The van der Waals surface area contributed by atoms with Crippen LogP contribution in [0.3, 0.4) is 0 Å². The summed E-state index contributed by atoms with van der Waals surface area (Å²) >= 11 is 5.92. The van der Waals surface area contributed by atoms with Crippen LogP contribution in [0.5, 0.6) is 0 Å². The first kappa shape index (κ1) is 18.7. The van der Waals surface area contributed by atoms with E-state index in [4.69, 9.17) is 11.6 Å². The fourth-order valence-electron chi connectivity index (χ4n) is 3.51. The highest BCUT2D eigenvalue weighted by molar-refractivity contribution is 6.30. The summed E-state index contributed by atoms with van der Waals surface area (Å²) in [5, 5.41) is 4.10. The standard InChI is InChI=1S/C21H23ClFN5/c22-18-3-1-16(2-4-18)12-27-14-25-21(26-15-27)24-11-17-9-10-28(13-17)20-7-5-19(23)6-8-20/h1-8,14,17H,9-13,15H2,(H,24,26)/t17-/m1/s1. The van der Waals surface area contributed by atoms with Gasteiger partial charge in [-0.15, -0.1) is 0 Å². The summed E-state index contributed by atoms with van der Waals surface area (Å²) in [7, 11) is 0. The lowest BCUT2D eigenvalue weighted by Crippen LogP contribution is -2.35. The van der Waals surface area contributed by atoms with E-state index in [9.17, 15) is 4.39 Å². The average molecular weight is 400 g/mol. The number of anilines is 1. The Labute approximate surface area is 169 Å². The fraction of sp³-hybridized carbons (Fsp3) is 0.333. The molecule has 0 spiro atoms. The van der Waals surface area contributed by atoms with E-state index in [0.717, 1.165) is 43.3 Å². The molecule has 2 aromatic carbocycles. The molecule has 1 fully saturated rings. The van der Waals surface area contributed by atoms with Gasteiger partial charge in [0, 0.05) is 36.9 Å². The monoisotopic (exact) mass is 399 g/mol. The van der Waals surface area contributed by atoms with Crippen molar-refractivity contribution in [2.24, 2.45) is 15.9 Å². The van der Waals surface area contributed by atoms with E-state index < -0.39 is 0 Å². The third-order valence-corrected chi connectivity index (χ3v) is 5.32. The Hall–Kier alpha value is -2.60. The van der Waals surface area contributed by atoms with Gasteiger partial charge >= 0.3 is 0 Å². The molecule has 0 saturated carbocycles. The molecule has 7 heteroatoms. The molecule has 1 N–H and O–H groups in total. The minimum atomic E-state index is -0.195. The van der Waals surface area contributed by atoms with E-state index >= 15 is 0 Å². The van der Waals surface area contributed by atoms with Crippen molar-refractivity contribution < 1.29 is 4.39 Å². The summed E-state index contributed by atoms with van der Waals surface area (Å²) in [5.74, 6) is 1.02. The summed E-state index contributed by atoms with van der Waals surface area (Å²) < 4.78 is 13.1. The summed E-state index contributed by atoms with van der Waals surface area (Å²) in [4.78, 5) is 13.3. The maximum absolute atomic E-state index is 13.1. The fourth-order valence-corrected chi connectivity index (χ4v) is 3.64. The van der Waals surface area contributed by atoms with Gasteiger partial charge in [0.1, 0.15) is 12.5 Å². The van der Waals surface area contributed by atoms with Crippen LogP contribution >= 0.6 is 11.6 Å². The van der Waals surface area contributed by atoms with Crippen molar-refractivity contribution >= 4 is 29.6 Å². The predicted molar refractivity (Wildman–Crippen MR) is 113 cm³/mol. The van der Waals surface area contributed by atoms with Gasteiger partial charge in [-0.2, -0.15) is 0 Å². The molecule has 4 rings (SSSR count). The quantitative estimate of drug-likeness (QED) is 0.832. The van der Waals surface area contributed by atoms with Crippen LogP contribution in [0.25, 0.3) is 0 Å². The number of benzene rings is 2. The van der Waals surface area contributed by atoms with E-state index in [-0.39, 0.29) is 5.82 Å². The molecule has 1 atom stereocenters. The second-order valence-electron chi connectivity index (χ2n) is 7.20. The van der Waals surface area contributed by atoms with Crippen LogP contribution in [-0.4, -0.2) is 43.5 Å². The van der Waals surface area contributed by atoms with Crippen molar-refractivity contribution in [1.82, 2.24) is 10.2 Å². The first-order valence-electron chi connectivity index (χ1n) is 9.47. The van der Waals surface area contributed by atoms with E-state index in [1.165, 1.54) is 17.7 Å². The smallest absolute Gasteiger partial charge is 0.221 e. The number of nitrogens with one attached hydrogen (secondary N) is 1. The van der Waals surface area contributed by atoms with Gasteiger partial charge in [0.2, 0.25) is 5.96 Å². The Morgan fingerprint density at radius 2 is 1.89 bits per heavy atom. The predicted octanol–water partition coefficient (Wildman–Crippen LogP) is 3.75. The van der Waals surface area contributed by atoms with Crippen molar-refractivity contribution in [3.63, 3.8) is 0 Å². The molecule has 0 aromatic heterocycles. The lowest BCUT2D eigenvalue weighted by molar-refractivity contribution is 0.432. The van der Waals surface area contributed by atoms with Gasteiger partial charge in [-0.05, 0) is 54.3 Å². The second kappa shape index (κ2) is 8.61. The molecule has 28 heavy (non-hydrogen) atoms. The van der Waals surface area contributed by atoms with Crippen LogP contribution in [0.4, 0.5) is 10.1 Å². The number of rotatable bonds is 5. The van der Waals surface area contributed by atoms with Crippen LogP contribution in [-0.2, 0) is 6.54 Å². The molecular weight excluding hydrogens is 377 g/mol. The van der Waals surface area contributed by atoms with Gasteiger partial charge in [0.25, 0.3) is 0 Å². The van der Waals surface area contributed by atoms with E-state index in [0.29, 0.717) is 18.5 Å². The largest absolute Gasteiger partial charge is 0.371 e. The van der Waals surface area contributed by atoms with E-state index in [2.05, 4.69) is 25.1 Å². The van der Waals surface area contributed by atoms with Gasteiger partial charge in [0.05, 0.1) is 6.34 Å². The maximum Gasteiger partial charge on any atom is 0.221 e. The number of halogens is 2. The van der Waals surface area contributed by atoms with Gasteiger partial charge in [-0.25, -0.2) is 14.4 Å². The van der Waals surface area contributed by atoms with Crippen molar-refractivity contribution in [3.8, 4) is 0 Å². The minimum Gasteiger partial charge on any atom is -0.371 e. The molecule has 0 unspecified atom stereocenters. The van der Waals surface area contributed by atoms with Crippen LogP contribution in [0.1, 0.15) is 12.0 Å². The minimum absolute atomic E-state index is 0.195. The first-order chi connectivity index (χ1) is 13.7. The number of aliphatic imine (C=N–C) groups is 2. The van der Waals surface area contributed by atoms with Gasteiger partial charge in [-0.1, -0.05) is 23.7 Å². The third-order valence-electron chi connectivity index (χ3n) is 5.07. The van der Waals surface area contributed by atoms with Crippen molar-refractivity contribution in [3.05, 3.63) is 64.9 Å². The highest BCUT2D eigenvalue weighted by Crippen LogP contribution is 2.23. The summed E-state index contributed by atoms with van der Waals surface area (Å²) in [5.41, 5.74) is 2.25. The summed E-state index contributed by atoms with van der Waals surface area (Å²) in [6.45, 7) is 4.12. The molecule has 2 aliphatic heterocycles. The Morgan fingerprint density at radius 1 is 1.11 bits per heavy atom. The Kier molecular flexibility index (Phi) is 5.76. The molecule has 0 aliphatic carbocycles. The Bertz CT molecular complexity index is 850. The molecular formula is C21H23ClFN5. The number of hydrogen-bond donors (Lipinski definition) is 1. The van der Waals surface area contributed by atoms with Gasteiger partial charge < -0.3 is 15.1 Å². The second-order valence-corrected chi connectivity index (χ2v) is 7.64. The molecule has 1 saturated heterocycles. The molecule has 5 nitrogen and oxygen atoms in total. The van der Waals surface area contributed by atoms with E-state index in [1.807, 2.05) is 42.7 Å². The van der Waals surface area contributed by atoms with Gasteiger partial charge in [-0.3, -0.25) is 0 Å². The number of guanidine groups is 1. The molecule has 146 valence electrons. The maximum atomic E-state index is 13.1. The highest BCUT2D eigenvalue weighted by Gasteiger charge is 2.23. The molecule has 2 aliphatic rings. The van der Waals surface area contributed by atoms with Crippen LogP contribution < -0.4 is 10.2 Å². The number of nitrogens with zero attached hydrogens (tertiary/aromatic N) is 4. The van der Waals surface area contributed by atoms with Crippen LogP contribution in [0.15, 0.2) is 58.5 Å². The Balaban J connectivity index is 1.22. The normalized spacial score (nSPS) is 19.1. The van der Waals surface area contributed by atoms with Crippen LogP contribution in [0, 0.1) is 11.7 Å².